The Kier molecular flexibility index (Phi) is 3.34. The van der Waals surface area contributed by atoms with Gasteiger partial charge in [0, 0.05) is 28.6 Å². The maximum absolute atomic E-state index is 13.5. The first-order chi connectivity index (χ1) is 14.3. The summed E-state index contributed by atoms with van der Waals surface area (Å²) in [4.78, 5) is 4.63. The van der Waals surface area contributed by atoms with Crippen LogP contribution in [-0.4, -0.2) is 21.6 Å². The van der Waals surface area contributed by atoms with Crippen LogP contribution in [0.2, 0.25) is 0 Å². The van der Waals surface area contributed by atoms with Crippen molar-refractivity contribution >= 4 is 21.8 Å². The van der Waals surface area contributed by atoms with Crippen molar-refractivity contribution in [1.29, 1.82) is 0 Å². The Bertz CT molecular complexity index is 1380. The van der Waals surface area contributed by atoms with Crippen molar-refractivity contribution in [1.82, 2.24) is 14.8 Å². The zero-order valence-corrected chi connectivity index (χ0v) is 15.2. The van der Waals surface area contributed by atoms with Crippen LogP contribution in [0.25, 0.3) is 38.8 Å². The van der Waals surface area contributed by atoms with Crippen molar-refractivity contribution in [3.05, 3.63) is 78.7 Å². The monoisotopic (exact) mass is 383 g/mol. The molecule has 0 bridgehead atoms. The molecule has 6 heteroatoms. The van der Waals surface area contributed by atoms with E-state index in [1.165, 1.54) is 12.1 Å². The predicted molar refractivity (Wildman–Crippen MR) is 108 cm³/mol. The SMILES string of the molecule is Fc1ccc(-c2nn(-c3ccccc3)c3c2cnc2cc4c(cc23)OCO4)cc1. The minimum atomic E-state index is -0.281. The summed E-state index contributed by atoms with van der Waals surface area (Å²) in [7, 11) is 0. The van der Waals surface area contributed by atoms with Crippen LogP contribution in [0.15, 0.2) is 72.9 Å². The van der Waals surface area contributed by atoms with Gasteiger partial charge in [-0.3, -0.25) is 4.98 Å². The van der Waals surface area contributed by atoms with Crippen molar-refractivity contribution in [2.24, 2.45) is 0 Å². The van der Waals surface area contributed by atoms with Crippen molar-refractivity contribution < 1.29 is 13.9 Å². The summed E-state index contributed by atoms with van der Waals surface area (Å²) in [5, 5.41) is 6.68. The number of para-hydroxylation sites is 1. The van der Waals surface area contributed by atoms with Crippen LogP contribution in [-0.2, 0) is 0 Å². The highest BCUT2D eigenvalue weighted by Gasteiger charge is 2.21. The molecule has 140 valence electrons. The first-order valence-electron chi connectivity index (χ1n) is 9.20. The largest absolute Gasteiger partial charge is 0.454 e. The van der Waals surface area contributed by atoms with Crippen LogP contribution >= 0.6 is 0 Å². The van der Waals surface area contributed by atoms with Crippen LogP contribution in [0.1, 0.15) is 0 Å². The molecule has 1 aliphatic heterocycles. The lowest BCUT2D eigenvalue weighted by molar-refractivity contribution is 0.174. The maximum Gasteiger partial charge on any atom is 0.231 e. The van der Waals surface area contributed by atoms with Crippen LogP contribution in [0.3, 0.4) is 0 Å². The summed E-state index contributed by atoms with van der Waals surface area (Å²) in [6, 6.07) is 20.1. The Morgan fingerprint density at radius 3 is 2.41 bits per heavy atom. The first-order valence-corrected chi connectivity index (χ1v) is 9.20. The normalized spacial score (nSPS) is 12.7. The van der Waals surface area contributed by atoms with E-state index in [2.05, 4.69) is 4.98 Å². The lowest BCUT2D eigenvalue weighted by Crippen LogP contribution is -1.97. The van der Waals surface area contributed by atoms with E-state index in [-0.39, 0.29) is 12.6 Å². The molecule has 0 N–H and O–H groups in total. The van der Waals surface area contributed by atoms with Crippen molar-refractivity contribution in [2.75, 3.05) is 6.79 Å². The molecule has 1 aliphatic rings. The molecule has 0 radical (unpaired) electrons. The second kappa shape index (κ2) is 6.04. The fourth-order valence-electron chi connectivity index (χ4n) is 3.75. The Labute approximate surface area is 164 Å². The summed E-state index contributed by atoms with van der Waals surface area (Å²) in [5.74, 6) is 1.10. The van der Waals surface area contributed by atoms with E-state index in [0.29, 0.717) is 11.5 Å². The summed E-state index contributed by atoms with van der Waals surface area (Å²) in [6.07, 6.45) is 1.81. The molecule has 29 heavy (non-hydrogen) atoms. The standard InChI is InChI=1S/C23H14FN3O2/c24-15-8-6-14(7-9-15)22-18-12-25-19-11-21-20(28-13-29-21)10-17(19)23(18)27(26-22)16-4-2-1-3-5-16/h1-12H,13H2. The highest BCUT2D eigenvalue weighted by molar-refractivity contribution is 6.09. The number of nitrogens with zero attached hydrogens (tertiary/aromatic N) is 3. The van der Waals surface area contributed by atoms with Gasteiger partial charge in [-0.1, -0.05) is 18.2 Å². The van der Waals surface area contributed by atoms with E-state index in [4.69, 9.17) is 14.6 Å². The van der Waals surface area contributed by atoms with Crippen molar-refractivity contribution in [3.63, 3.8) is 0 Å². The smallest absolute Gasteiger partial charge is 0.231 e. The summed E-state index contributed by atoms with van der Waals surface area (Å²) in [5.41, 5.74) is 4.21. The summed E-state index contributed by atoms with van der Waals surface area (Å²) in [6.45, 7) is 0.202. The molecule has 0 atom stereocenters. The molecule has 0 saturated carbocycles. The second-order valence-corrected chi connectivity index (χ2v) is 6.85. The number of hydrogen-bond donors (Lipinski definition) is 0. The fourth-order valence-corrected chi connectivity index (χ4v) is 3.75. The third kappa shape index (κ3) is 2.46. The summed E-state index contributed by atoms with van der Waals surface area (Å²) >= 11 is 0. The van der Waals surface area contributed by atoms with Gasteiger partial charge < -0.3 is 9.47 Å². The van der Waals surface area contributed by atoms with Gasteiger partial charge in [0.05, 0.1) is 16.7 Å². The van der Waals surface area contributed by atoms with Gasteiger partial charge in [0.1, 0.15) is 11.5 Å². The lowest BCUT2D eigenvalue weighted by atomic mass is 10.1. The predicted octanol–water partition coefficient (Wildman–Crippen LogP) is 5.11. The van der Waals surface area contributed by atoms with Gasteiger partial charge in [0.2, 0.25) is 6.79 Å². The van der Waals surface area contributed by atoms with E-state index in [9.17, 15) is 4.39 Å². The molecule has 3 aromatic carbocycles. The number of rotatable bonds is 2. The molecule has 0 unspecified atom stereocenters. The third-order valence-corrected chi connectivity index (χ3v) is 5.12. The van der Waals surface area contributed by atoms with E-state index >= 15 is 0 Å². The number of fused-ring (bicyclic) bond motifs is 4. The van der Waals surface area contributed by atoms with E-state index in [0.717, 1.165) is 38.8 Å². The van der Waals surface area contributed by atoms with Gasteiger partial charge >= 0.3 is 0 Å². The van der Waals surface area contributed by atoms with E-state index in [1.54, 1.807) is 12.1 Å². The molecule has 0 amide bonds. The Hall–Kier alpha value is -3.93. The second-order valence-electron chi connectivity index (χ2n) is 6.85. The van der Waals surface area contributed by atoms with Gasteiger partial charge in [0.25, 0.3) is 0 Å². The van der Waals surface area contributed by atoms with Crippen molar-refractivity contribution in [2.45, 2.75) is 0 Å². The molecular formula is C23H14FN3O2. The Morgan fingerprint density at radius 1 is 0.862 bits per heavy atom. The average molecular weight is 383 g/mol. The fraction of sp³-hybridized carbons (Fsp3) is 0.0435. The van der Waals surface area contributed by atoms with Crippen LogP contribution in [0.5, 0.6) is 11.5 Å². The zero-order chi connectivity index (χ0) is 19.4. The van der Waals surface area contributed by atoms with Gasteiger partial charge in [-0.05, 0) is 42.5 Å². The molecule has 0 saturated heterocycles. The van der Waals surface area contributed by atoms with Crippen LogP contribution in [0.4, 0.5) is 4.39 Å². The number of halogens is 1. The third-order valence-electron chi connectivity index (χ3n) is 5.12. The zero-order valence-electron chi connectivity index (χ0n) is 15.2. The van der Waals surface area contributed by atoms with E-state index in [1.807, 2.05) is 53.3 Å². The van der Waals surface area contributed by atoms with E-state index < -0.39 is 0 Å². The molecular weight excluding hydrogens is 369 g/mol. The average Bonchev–Trinajstić information content (AvgIpc) is 3.37. The minimum Gasteiger partial charge on any atom is -0.454 e. The highest BCUT2D eigenvalue weighted by Crippen LogP contribution is 2.40. The number of pyridine rings is 1. The first kappa shape index (κ1) is 16.1. The minimum absolute atomic E-state index is 0.202. The molecule has 0 fully saturated rings. The number of aromatic nitrogens is 3. The molecule has 5 aromatic rings. The lowest BCUT2D eigenvalue weighted by Gasteiger charge is -2.06. The summed E-state index contributed by atoms with van der Waals surface area (Å²) < 4.78 is 26.4. The van der Waals surface area contributed by atoms with Gasteiger partial charge in [0.15, 0.2) is 11.5 Å². The molecule has 0 aliphatic carbocycles. The van der Waals surface area contributed by atoms with Crippen molar-refractivity contribution in [3.8, 4) is 28.4 Å². The Morgan fingerprint density at radius 2 is 1.62 bits per heavy atom. The highest BCUT2D eigenvalue weighted by atomic mass is 19.1. The Balaban J connectivity index is 1.72. The van der Waals surface area contributed by atoms with Crippen LogP contribution < -0.4 is 9.47 Å². The van der Waals surface area contributed by atoms with Gasteiger partial charge in [-0.2, -0.15) is 5.10 Å². The molecule has 6 rings (SSSR count). The number of ether oxygens (including phenoxy) is 2. The number of hydrogen-bond acceptors (Lipinski definition) is 4. The topological polar surface area (TPSA) is 49.2 Å². The molecule has 5 nitrogen and oxygen atoms in total. The van der Waals surface area contributed by atoms with Crippen LogP contribution in [0, 0.1) is 5.82 Å². The number of benzene rings is 3. The van der Waals surface area contributed by atoms with Gasteiger partial charge in [-0.15, -0.1) is 0 Å². The molecule has 0 spiro atoms. The molecule has 3 heterocycles. The van der Waals surface area contributed by atoms with Gasteiger partial charge in [-0.25, -0.2) is 9.07 Å². The quantitative estimate of drug-likeness (QED) is 0.425. The maximum atomic E-state index is 13.5. The molecule has 2 aromatic heterocycles.